The zero-order chi connectivity index (χ0) is 19.7. The number of pyridine rings is 1. The molecule has 0 spiro atoms. The molecule has 4 aromatic rings. The van der Waals surface area contributed by atoms with Gasteiger partial charge in [-0.3, -0.25) is 0 Å². The lowest BCUT2D eigenvalue weighted by molar-refractivity contribution is 0.0690. The minimum absolute atomic E-state index is 0.0762. The summed E-state index contributed by atoms with van der Waals surface area (Å²) in [5.41, 5.74) is 6.76. The van der Waals surface area contributed by atoms with Crippen LogP contribution in [0.2, 0.25) is 0 Å². The van der Waals surface area contributed by atoms with Crippen LogP contribution in [0, 0.1) is 0 Å². The Morgan fingerprint density at radius 1 is 1.04 bits per heavy atom. The largest absolute Gasteiger partial charge is 0.477 e. The van der Waals surface area contributed by atoms with Crippen molar-refractivity contribution in [3.05, 3.63) is 89.2 Å². The highest BCUT2D eigenvalue weighted by atomic mass is 16.4. The smallest absolute Gasteiger partial charge is 0.354 e. The predicted octanol–water partition coefficient (Wildman–Crippen LogP) is 5.09. The number of nitrogens with zero attached hydrogens (tertiary/aromatic N) is 2. The Labute approximate surface area is 164 Å². The number of aromatic nitrogens is 2. The van der Waals surface area contributed by atoms with Crippen LogP contribution in [0.15, 0.2) is 66.7 Å². The molecule has 140 valence electrons. The first-order valence-electron chi connectivity index (χ1n) is 9.43. The first-order valence-corrected chi connectivity index (χ1v) is 9.43. The molecule has 1 N–H and O–H groups in total. The first-order chi connectivity index (χ1) is 13.6. The average molecular weight is 370 g/mol. The molecular weight excluding hydrogens is 348 g/mol. The van der Waals surface area contributed by atoms with Crippen molar-refractivity contribution >= 4 is 16.9 Å². The van der Waals surface area contributed by atoms with Crippen LogP contribution in [-0.4, -0.2) is 20.6 Å². The fraction of sp³-hybridized carbons (Fsp3) is 0.167. The molecule has 0 bridgehead atoms. The molecule has 0 saturated heterocycles. The van der Waals surface area contributed by atoms with Crippen LogP contribution >= 0.6 is 0 Å². The molecule has 2 heterocycles. The van der Waals surface area contributed by atoms with Crippen molar-refractivity contribution in [2.75, 3.05) is 0 Å². The Hall–Kier alpha value is -3.40. The van der Waals surface area contributed by atoms with Crippen LogP contribution in [0.25, 0.3) is 22.2 Å². The summed E-state index contributed by atoms with van der Waals surface area (Å²) in [6, 6.07) is 22.1. The number of hydrogen-bond acceptors (Lipinski definition) is 2. The molecule has 28 heavy (non-hydrogen) atoms. The highest BCUT2D eigenvalue weighted by Gasteiger charge is 2.18. The van der Waals surface area contributed by atoms with Crippen molar-refractivity contribution in [2.24, 2.45) is 7.05 Å². The molecule has 0 saturated carbocycles. The summed E-state index contributed by atoms with van der Waals surface area (Å²) in [5.74, 6) is -1.00. The molecule has 0 fully saturated rings. The number of carboxylic acids is 1. The van der Waals surface area contributed by atoms with Crippen LogP contribution in [0.4, 0.5) is 0 Å². The zero-order valence-corrected chi connectivity index (χ0v) is 16.0. The number of carboxylic acid groups (broad SMARTS) is 1. The van der Waals surface area contributed by atoms with E-state index in [1.807, 2.05) is 24.3 Å². The van der Waals surface area contributed by atoms with Crippen LogP contribution in [-0.2, 0) is 19.9 Å². The number of aryl methyl sites for hydroxylation is 2. The fourth-order valence-electron chi connectivity index (χ4n) is 3.80. The summed E-state index contributed by atoms with van der Waals surface area (Å²) in [5, 5.41) is 10.5. The summed E-state index contributed by atoms with van der Waals surface area (Å²) in [6.45, 7) is 2.16. The molecule has 0 radical (unpaired) electrons. The van der Waals surface area contributed by atoms with Crippen LogP contribution in [0.3, 0.4) is 0 Å². The molecule has 2 aromatic heterocycles. The number of benzene rings is 2. The van der Waals surface area contributed by atoms with Gasteiger partial charge < -0.3 is 9.67 Å². The number of hydrogen-bond donors (Lipinski definition) is 1. The summed E-state index contributed by atoms with van der Waals surface area (Å²) in [6.07, 6.45) is 1.56. The highest BCUT2D eigenvalue weighted by Crippen LogP contribution is 2.35. The topological polar surface area (TPSA) is 55.1 Å². The summed E-state index contributed by atoms with van der Waals surface area (Å²) in [4.78, 5) is 15.7. The molecule has 0 aliphatic carbocycles. The van der Waals surface area contributed by atoms with Gasteiger partial charge in [0.25, 0.3) is 0 Å². The number of rotatable bonds is 5. The van der Waals surface area contributed by atoms with Gasteiger partial charge in [-0.1, -0.05) is 55.5 Å². The van der Waals surface area contributed by atoms with E-state index in [0.29, 0.717) is 6.42 Å². The molecule has 4 rings (SSSR count). The Bertz CT molecular complexity index is 1160. The Morgan fingerprint density at radius 2 is 1.82 bits per heavy atom. The Balaban J connectivity index is 1.93. The van der Waals surface area contributed by atoms with Crippen molar-refractivity contribution < 1.29 is 9.90 Å². The quantitative estimate of drug-likeness (QED) is 0.532. The third-order valence-electron chi connectivity index (χ3n) is 5.21. The van der Waals surface area contributed by atoms with E-state index in [1.54, 1.807) is 6.07 Å². The van der Waals surface area contributed by atoms with Gasteiger partial charge >= 0.3 is 5.97 Å². The van der Waals surface area contributed by atoms with Crippen molar-refractivity contribution in [2.45, 2.75) is 19.8 Å². The second-order valence-corrected chi connectivity index (χ2v) is 6.95. The SMILES string of the molecule is CCc1ccc2c(Cc3cccc(C(=O)O)n3)c(-c3ccccc3)n(C)c2c1. The standard InChI is InChI=1S/C24H22N2O2/c1-3-16-12-13-19-20(15-18-10-7-11-21(25-18)24(27)28)23(26(2)22(19)14-16)17-8-5-4-6-9-17/h4-14H,3,15H2,1-2H3,(H,27,28). The monoisotopic (exact) mass is 370 g/mol. The lowest BCUT2D eigenvalue weighted by Gasteiger charge is -2.09. The van der Waals surface area contributed by atoms with E-state index in [0.717, 1.165) is 23.4 Å². The van der Waals surface area contributed by atoms with E-state index in [4.69, 9.17) is 0 Å². The van der Waals surface area contributed by atoms with Gasteiger partial charge in [0.1, 0.15) is 5.69 Å². The van der Waals surface area contributed by atoms with E-state index < -0.39 is 5.97 Å². The van der Waals surface area contributed by atoms with Gasteiger partial charge in [-0.25, -0.2) is 9.78 Å². The van der Waals surface area contributed by atoms with E-state index in [1.165, 1.54) is 28.1 Å². The maximum atomic E-state index is 11.3. The molecule has 4 nitrogen and oxygen atoms in total. The number of aromatic carboxylic acids is 1. The van der Waals surface area contributed by atoms with Crippen LogP contribution < -0.4 is 0 Å². The van der Waals surface area contributed by atoms with Crippen molar-refractivity contribution in [1.82, 2.24) is 9.55 Å². The first kappa shape index (κ1) is 18.0. The molecule has 0 aliphatic heterocycles. The molecule has 4 heteroatoms. The lowest BCUT2D eigenvalue weighted by atomic mass is 10.00. The molecule has 0 aliphatic rings. The summed E-state index contributed by atoms with van der Waals surface area (Å²) in [7, 11) is 2.09. The van der Waals surface area contributed by atoms with E-state index >= 15 is 0 Å². The van der Waals surface area contributed by atoms with Crippen LogP contribution in [0.1, 0.15) is 34.2 Å². The summed E-state index contributed by atoms with van der Waals surface area (Å²) < 4.78 is 2.24. The van der Waals surface area contributed by atoms with Gasteiger partial charge in [-0.05, 0) is 41.3 Å². The van der Waals surface area contributed by atoms with Crippen LogP contribution in [0.5, 0.6) is 0 Å². The Kier molecular flexibility index (Phi) is 4.70. The van der Waals surface area contributed by atoms with Gasteiger partial charge in [0, 0.05) is 30.1 Å². The third kappa shape index (κ3) is 3.18. The van der Waals surface area contributed by atoms with Crippen molar-refractivity contribution in [3.63, 3.8) is 0 Å². The maximum Gasteiger partial charge on any atom is 0.354 e. The zero-order valence-electron chi connectivity index (χ0n) is 16.0. The fourth-order valence-corrected chi connectivity index (χ4v) is 3.80. The summed E-state index contributed by atoms with van der Waals surface area (Å²) >= 11 is 0. The minimum Gasteiger partial charge on any atom is -0.477 e. The lowest BCUT2D eigenvalue weighted by Crippen LogP contribution is -2.03. The normalized spacial score (nSPS) is 11.1. The van der Waals surface area contributed by atoms with Gasteiger partial charge in [0.15, 0.2) is 0 Å². The van der Waals surface area contributed by atoms with Gasteiger partial charge in [0.2, 0.25) is 0 Å². The molecule has 0 atom stereocenters. The van der Waals surface area contributed by atoms with Gasteiger partial charge in [-0.2, -0.15) is 0 Å². The predicted molar refractivity (Wildman–Crippen MR) is 112 cm³/mol. The third-order valence-corrected chi connectivity index (χ3v) is 5.21. The average Bonchev–Trinajstić information content (AvgIpc) is 3.00. The Morgan fingerprint density at radius 3 is 2.54 bits per heavy atom. The molecule has 0 unspecified atom stereocenters. The number of fused-ring (bicyclic) bond motifs is 1. The minimum atomic E-state index is -1.00. The van der Waals surface area contributed by atoms with E-state index in [-0.39, 0.29) is 5.69 Å². The molecular formula is C24H22N2O2. The molecule has 2 aromatic carbocycles. The van der Waals surface area contributed by atoms with Gasteiger partial charge in [-0.15, -0.1) is 0 Å². The number of carbonyl (C=O) groups is 1. The second kappa shape index (κ2) is 7.31. The molecule has 0 amide bonds. The van der Waals surface area contributed by atoms with E-state index in [9.17, 15) is 9.90 Å². The van der Waals surface area contributed by atoms with Crippen molar-refractivity contribution in [3.8, 4) is 11.3 Å². The maximum absolute atomic E-state index is 11.3. The van der Waals surface area contributed by atoms with Gasteiger partial charge in [0.05, 0.1) is 5.69 Å². The highest BCUT2D eigenvalue weighted by molar-refractivity contribution is 5.92. The second-order valence-electron chi connectivity index (χ2n) is 6.95. The van der Waals surface area contributed by atoms with Crippen molar-refractivity contribution in [1.29, 1.82) is 0 Å². The van der Waals surface area contributed by atoms with E-state index in [2.05, 4.69) is 53.9 Å².